The first-order valence-electron chi connectivity index (χ1n) is 12.6. The van der Waals surface area contributed by atoms with E-state index in [4.69, 9.17) is 21.1 Å². The smallest absolute Gasteiger partial charge is 0.326 e. The number of benzene rings is 4. The molecule has 2 N–H and O–H groups in total. The molecule has 40 heavy (non-hydrogen) atoms. The van der Waals surface area contributed by atoms with Gasteiger partial charge in [0.1, 0.15) is 24.1 Å². The van der Waals surface area contributed by atoms with E-state index in [0.29, 0.717) is 22.3 Å². The van der Waals surface area contributed by atoms with Gasteiger partial charge in [-0.3, -0.25) is 4.79 Å². The number of nitrogens with one attached hydrogen (secondary N) is 1. The van der Waals surface area contributed by atoms with Crippen molar-refractivity contribution in [2.75, 3.05) is 7.11 Å². The van der Waals surface area contributed by atoms with Crippen molar-refractivity contribution in [3.05, 3.63) is 118 Å². The van der Waals surface area contributed by atoms with Crippen molar-refractivity contribution in [3.63, 3.8) is 0 Å². The number of rotatable bonds is 10. The van der Waals surface area contributed by atoms with E-state index < -0.39 is 17.9 Å². The Morgan fingerprint density at radius 3 is 2.35 bits per heavy atom. The van der Waals surface area contributed by atoms with Crippen LogP contribution in [0.1, 0.15) is 20.8 Å². The van der Waals surface area contributed by atoms with E-state index in [0.717, 1.165) is 38.1 Å². The number of halogens is 1. The third-order valence-corrected chi connectivity index (χ3v) is 7.79. The van der Waals surface area contributed by atoms with Gasteiger partial charge < -0.3 is 19.9 Å². The van der Waals surface area contributed by atoms with Gasteiger partial charge in [-0.2, -0.15) is 0 Å². The van der Waals surface area contributed by atoms with Crippen molar-refractivity contribution < 1.29 is 24.2 Å². The molecular weight excluding hydrogens is 546 g/mol. The van der Waals surface area contributed by atoms with Crippen molar-refractivity contribution in [1.29, 1.82) is 0 Å². The van der Waals surface area contributed by atoms with E-state index in [1.807, 2.05) is 66.7 Å². The Morgan fingerprint density at radius 2 is 1.62 bits per heavy atom. The van der Waals surface area contributed by atoms with Gasteiger partial charge >= 0.3 is 5.97 Å². The average molecular weight is 572 g/mol. The average Bonchev–Trinajstić information content (AvgIpc) is 3.41. The first-order valence-corrected chi connectivity index (χ1v) is 13.8. The third-order valence-electron chi connectivity index (χ3n) is 6.42. The maximum atomic E-state index is 13.0. The number of fused-ring (bicyclic) bond motifs is 1. The molecule has 0 saturated carbocycles. The number of aliphatic carboxylic acids is 1. The molecule has 0 aliphatic rings. The second kappa shape index (κ2) is 12.2. The van der Waals surface area contributed by atoms with E-state index >= 15 is 0 Å². The summed E-state index contributed by atoms with van der Waals surface area (Å²) in [5, 5.41) is 14.1. The molecule has 0 aliphatic carbocycles. The fourth-order valence-electron chi connectivity index (χ4n) is 4.29. The summed E-state index contributed by atoms with van der Waals surface area (Å²) in [6.45, 7) is 0.376. The molecule has 0 fully saturated rings. The topological polar surface area (TPSA) is 84.9 Å². The minimum Gasteiger partial charge on any atom is -0.497 e. The second-order valence-corrected chi connectivity index (χ2v) is 10.7. The molecule has 5 aromatic rings. The quantitative estimate of drug-likeness (QED) is 0.185. The minimum absolute atomic E-state index is 0.142. The molecule has 1 atom stereocenters. The maximum absolute atomic E-state index is 13.0. The number of ether oxygens (including phenoxy) is 2. The summed E-state index contributed by atoms with van der Waals surface area (Å²) in [5.74, 6) is -0.0972. The van der Waals surface area contributed by atoms with Gasteiger partial charge in [0.2, 0.25) is 0 Å². The molecule has 1 heterocycles. The Labute approximate surface area is 240 Å². The summed E-state index contributed by atoms with van der Waals surface area (Å²) in [4.78, 5) is 25.5. The highest BCUT2D eigenvalue weighted by atomic mass is 35.5. The number of carboxylic acid groups (broad SMARTS) is 1. The number of carbonyl (C=O) groups is 2. The molecule has 5 rings (SSSR count). The zero-order chi connectivity index (χ0) is 28.1. The summed E-state index contributed by atoms with van der Waals surface area (Å²) in [6, 6.07) is 29.1. The molecule has 1 aromatic heterocycles. The number of thiophene rings is 1. The maximum Gasteiger partial charge on any atom is 0.326 e. The van der Waals surface area contributed by atoms with Crippen LogP contribution in [-0.4, -0.2) is 30.1 Å². The van der Waals surface area contributed by atoms with Crippen LogP contribution in [0.25, 0.3) is 21.2 Å². The molecular formula is C32H26ClNO5S. The summed E-state index contributed by atoms with van der Waals surface area (Å²) in [6.07, 6.45) is 0.142. The van der Waals surface area contributed by atoms with Crippen LogP contribution in [0, 0.1) is 0 Å². The van der Waals surface area contributed by atoms with E-state index in [-0.39, 0.29) is 6.42 Å². The van der Waals surface area contributed by atoms with Crippen molar-refractivity contribution >= 4 is 44.9 Å². The lowest BCUT2D eigenvalue weighted by Gasteiger charge is -2.14. The lowest BCUT2D eigenvalue weighted by molar-refractivity contribution is -0.139. The highest BCUT2D eigenvalue weighted by Crippen LogP contribution is 2.31. The predicted octanol–water partition coefficient (Wildman–Crippen LogP) is 7.24. The van der Waals surface area contributed by atoms with E-state index in [1.165, 1.54) is 11.3 Å². The Bertz CT molecular complexity index is 1650. The normalized spacial score (nSPS) is 11.7. The van der Waals surface area contributed by atoms with Gasteiger partial charge in [-0.1, -0.05) is 54.1 Å². The van der Waals surface area contributed by atoms with Gasteiger partial charge in [0, 0.05) is 16.1 Å². The molecule has 4 aromatic carbocycles. The molecule has 1 unspecified atom stereocenters. The Balaban J connectivity index is 1.22. The summed E-state index contributed by atoms with van der Waals surface area (Å²) in [5.41, 5.74) is 3.77. The van der Waals surface area contributed by atoms with Crippen molar-refractivity contribution in [2.45, 2.75) is 19.1 Å². The number of hydrogen-bond donors (Lipinski definition) is 2. The first-order chi connectivity index (χ1) is 19.4. The molecule has 0 saturated heterocycles. The minimum atomic E-state index is -1.10. The molecule has 202 valence electrons. The van der Waals surface area contributed by atoms with Crippen LogP contribution in [-0.2, 0) is 17.8 Å². The molecule has 1 amide bonds. The van der Waals surface area contributed by atoms with Crippen molar-refractivity contribution in [1.82, 2.24) is 5.32 Å². The van der Waals surface area contributed by atoms with Gasteiger partial charge in [-0.05, 0) is 82.2 Å². The highest BCUT2D eigenvalue weighted by molar-refractivity contribution is 7.20. The molecule has 0 spiro atoms. The molecule has 0 aliphatic heterocycles. The number of methoxy groups -OCH3 is 1. The Morgan fingerprint density at radius 1 is 0.875 bits per heavy atom. The van der Waals surface area contributed by atoms with E-state index in [2.05, 4.69) is 5.32 Å². The van der Waals surface area contributed by atoms with Gasteiger partial charge in [0.25, 0.3) is 5.91 Å². The van der Waals surface area contributed by atoms with Crippen LogP contribution in [0.2, 0.25) is 5.02 Å². The number of amides is 1. The van der Waals surface area contributed by atoms with Crippen LogP contribution < -0.4 is 14.8 Å². The second-order valence-electron chi connectivity index (χ2n) is 9.22. The third kappa shape index (κ3) is 6.62. The molecule has 6 nitrogen and oxygen atoms in total. The number of carbonyl (C=O) groups excluding carboxylic acids is 1. The standard InChI is InChI=1S/C32H26ClNO5S/c1-38-27-4-2-3-21(15-27)19-39-26-12-5-20(6-13-26)16-28(32(36)37)34-31(35)30-18-24-17-23(9-14-29(24)40-30)22-7-10-25(33)11-8-22/h2-15,17-18,28H,16,19H2,1H3,(H,34,35)(H,36,37). The van der Waals surface area contributed by atoms with Crippen LogP contribution in [0.5, 0.6) is 11.5 Å². The molecule has 8 heteroatoms. The van der Waals surface area contributed by atoms with Gasteiger partial charge in [0.15, 0.2) is 0 Å². The fraction of sp³-hybridized carbons (Fsp3) is 0.125. The highest BCUT2D eigenvalue weighted by Gasteiger charge is 2.22. The Kier molecular flexibility index (Phi) is 8.34. The summed E-state index contributed by atoms with van der Waals surface area (Å²) >= 11 is 7.33. The first kappa shape index (κ1) is 27.2. The number of hydrogen-bond acceptors (Lipinski definition) is 5. The molecule has 0 bridgehead atoms. The van der Waals surface area contributed by atoms with Crippen molar-refractivity contribution in [3.8, 4) is 22.6 Å². The SMILES string of the molecule is COc1cccc(COc2ccc(CC(NC(=O)c3cc4cc(-c5ccc(Cl)cc5)ccc4s3)C(=O)O)cc2)c1. The van der Waals surface area contributed by atoms with Crippen LogP contribution in [0.4, 0.5) is 0 Å². The fourth-order valence-corrected chi connectivity index (χ4v) is 5.37. The largest absolute Gasteiger partial charge is 0.497 e. The predicted molar refractivity (Wildman–Crippen MR) is 159 cm³/mol. The summed E-state index contributed by atoms with van der Waals surface area (Å²) in [7, 11) is 1.62. The zero-order valence-electron chi connectivity index (χ0n) is 21.6. The summed E-state index contributed by atoms with van der Waals surface area (Å²) < 4.78 is 12.0. The van der Waals surface area contributed by atoms with Crippen LogP contribution >= 0.6 is 22.9 Å². The Hall–Kier alpha value is -4.33. The molecule has 0 radical (unpaired) electrons. The van der Waals surface area contributed by atoms with Crippen molar-refractivity contribution in [2.24, 2.45) is 0 Å². The lowest BCUT2D eigenvalue weighted by Crippen LogP contribution is -2.42. The lowest BCUT2D eigenvalue weighted by atomic mass is 10.0. The van der Waals surface area contributed by atoms with Crippen LogP contribution in [0.15, 0.2) is 97.1 Å². The van der Waals surface area contributed by atoms with Crippen LogP contribution in [0.3, 0.4) is 0 Å². The van der Waals surface area contributed by atoms with Gasteiger partial charge in [-0.25, -0.2) is 4.79 Å². The van der Waals surface area contributed by atoms with Gasteiger partial charge in [0.05, 0.1) is 12.0 Å². The number of carboxylic acids is 1. The monoisotopic (exact) mass is 571 g/mol. The van der Waals surface area contributed by atoms with E-state index in [9.17, 15) is 14.7 Å². The van der Waals surface area contributed by atoms with Gasteiger partial charge in [-0.15, -0.1) is 11.3 Å². The van der Waals surface area contributed by atoms with E-state index in [1.54, 1.807) is 37.4 Å². The zero-order valence-corrected chi connectivity index (χ0v) is 23.2.